The van der Waals surface area contributed by atoms with Crippen molar-refractivity contribution in [3.63, 3.8) is 0 Å². The molecule has 0 unspecified atom stereocenters. The molecular formula is C20H16FNO4S. The van der Waals surface area contributed by atoms with Crippen LogP contribution in [0, 0.1) is 5.82 Å². The van der Waals surface area contributed by atoms with E-state index in [4.69, 9.17) is 4.74 Å². The molecule has 5 nitrogen and oxygen atoms in total. The van der Waals surface area contributed by atoms with Gasteiger partial charge in [-0.15, -0.1) is 11.3 Å². The maximum absolute atomic E-state index is 13.3. The fourth-order valence-electron chi connectivity index (χ4n) is 2.45. The second-order valence-corrected chi connectivity index (χ2v) is 7.05. The van der Waals surface area contributed by atoms with Crippen molar-refractivity contribution in [3.8, 4) is 0 Å². The quantitative estimate of drug-likeness (QED) is 0.521. The van der Waals surface area contributed by atoms with Crippen LogP contribution in [0.2, 0.25) is 0 Å². The molecule has 0 fully saturated rings. The van der Waals surface area contributed by atoms with Gasteiger partial charge in [-0.2, -0.15) is 0 Å². The highest BCUT2D eigenvalue weighted by molar-refractivity contribution is 7.20. The summed E-state index contributed by atoms with van der Waals surface area (Å²) in [5.41, 5.74) is 0.905. The van der Waals surface area contributed by atoms with Gasteiger partial charge in [0, 0.05) is 16.0 Å². The van der Waals surface area contributed by atoms with Crippen LogP contribution < -0.4 is 5.32 Å². The molecule has 138 valence electrons. The summed E-state index contributed by atoms with van der Waals surface area (Å²) >= 11 is 1.17. The minimum Gasteiger partial charge on any atom is -0.448 e. The summed E-state index contributed by atoms with van der Waals surface area (Å²) in [5, 5.41) is 3.22. The van der Waals surface area contributed by atoms with Crippen molar-refractivity contribution in [2.24, 2.45) is 0 Å². The summed E-state index contributed by atoms with van der Waals surface area (Å²) in [6.45, 7) is 2.89. The molecule has 0 aliphatic carbocycles. The van der Waals surface area contributed by atoms with Crippen molar-refractivity contribution >= 4 is 44.8 Å². The fraction of sp³-hybridized carbons (Fsp3) is 0.150. The number of hydrogen-bond donors (Lipinski definition) is 1. The van der Waals surface area contributed by atoms with Crippen LogP contribution in [0.25, 0.3) is 10.1 Å². The van der Waals surface area contributed by atoms with E-state index in [9.17, 15) is 18.8 Å². The first-order valence-corrected chi connectivity index (χ1v) is 8.97. The minimum atomic E-state index is -1.04. The summed E-state index contributed by atoms with van der Waals surface area (Å²) in [5.74, 6) is -1.68. The average Bonchev–Trinajstić information content (AvgIpc) is 3.05. The Morgan fingerprint density at radius 3 is 2.63 bits per heavy atom. The lowest BCUT2D eigenvalue weighted by molar-refractivity contribution is -0.123. The Balaban J connectivity index is 1.67. The highest BCUT2D eigenvalue weighted by Crippen LogP contribution is 2.27. The van der Waals surface area contributed by atoms with E-state index < -0.39 is 18.0 Å². The van der Waals surface area contributed by atoms with E-state index in [0.717, 1.165) is 4.70 Å². The first-order chi connectivity index (χ1) is 12.8. The molecule has 0 aliphatic heterocycles. The number of ketones is 1. The van der Waals surface area contributed by atoms with Crippen LogP contribution in [0.15, 0.2) is 48.5 Å². The summed E-state index contributed by atoms with van der Waals surface area (Å²) in [7, 11) is 0. The number of carbonyl (C=O) groups is 3. The number of halogens is 1. The minimum absolute atomic E-state index is 0.119. The van der Waals surface area contributed by atoms with E-state index in [1.54, 1.807) is 30.3 Å². The standard InChI is InChI=1S/C20H16FNO4S/c1-11(23)13-4-3-5-16(9-13)22-19(24)12(2)26-20(25)18-10-14-8-15(21)6-7-17(14)27-18/h3-10,12H,1-2H3,(H,22,24)/t12-/m0/s1. The zero-order valence-corrected chi connectivity index (χ0v) is 15.4. The molecule has 3 rings (SSSR count). The molecule has 1 N–H and O–H groups in total. The number of carbonyl (C=O) groups excluding carboxylic acids is 3. The van der Waals surface area contributed by atoms with Gasteiger partial charge >= 0.3 is 5.97 Å². The van der Waals surface area contributed by atoms with Crippen LogP contribution in [0.4, 0.5) is 10.1 Å². The first kappa shape index (κ1) is 18.7. The molecule has 0 bridgehead atoms. The number of thiophene rings is 1. The molecule has 7 heteroatoms. The summed E-state index contributed by atoms with van der Waals surface area (Å²) in [6, 6.07) is 12.3. The SMILES string of the molecule is CC(=O)c1cccc(NC(=O)[C@H](C)OC(=O)c2cc3cc(F)ccc3s2)c1. The number of rotatable bonds is 5. The van der Waals surface area contributed by atoms with Crippen molar-refractivity contribution in [1.82, 2.24) is 0 Å². The maximum atomic E-state index is 13.3. The second kappa shape index (κ2) is 7.67. The predicted octanol–water partition coefficient (Wildman–Crippen LogP) is 4.43. The third-order valence-corrected chi connectivity index (χ3v) is 4.97. The van der Waals surface area contributed by atoms with Crippen LogP contribution in [0.5, 0.6) is 0 Å². The lowest BCUT2D eigenvalue weighted by Crippen LogP contribution is -2.29. The monoisotopic (exact) mass is 385 g/mol. The molecule has 0 aliphatic rings. The Bertz CT molecular complexity index is 1040. The number of benzene rings is 2. The molecule has 1 aromatic heterocycles. The fourth-order valence-corrected chi connectivity index (χ4v) is 3.37. The largest absolute Gasteiger partial charge is 0.448 e. The summed E-state index contributed by atoms with van der Waals surface area (Å²) < 4.78 is 19.2. The van der Waals surface area contributed by atoms with Crippen molar-refractivity contribution in [3.05, 3.63) is 64.8 Å². The van der Waals surface area contributed by atoms with Crippen molar-refractivity contribution in [2.75, 3.05) is 5.32 Å². The highest BCUT2D eigenvalue weighted by atomic mass is 32.1. The van der Waals surface area contributed by atoms with Gasteiger partial charge in [0.25, 0.3) is 5.91 Å². The van der Waals surface area contributed by atoms with E-state index in [2.05, 4.69) is 5.32 Å². The van der Waals surface area contributed by atoms with E-state index in [-0.39, 0.29) is 16.5 Å². The van der Waals surface area contributed by atoms with E-state index in [0.29, 0.717) is 16.6 Å². The smallest absolute Gasteiger partial charge is 0.349 e. The molecule has 0 radical (unpaired) electrons. The van der Waals surface area contributed by atoms with Crippen molar-refractivity contribution in [1.29, 1.82) is 0 Å². The van der Waals surface area contributed by atoms with Gasteiger partial charge in [-0.3, -0.25) is 9.59 Å². The van der Waals surface area contributed by atoms with Gasteiger partial charge in [-0.05, 0) is 55.6 Å². The molecule has 2 aromatic carbocycles. The Morgan fingerprint density at radius 2 is 1.89 bits per heavy atom. The molecule has 0 saturated carbocycles. The third-order valence-electron chi connectivity index (χ3n) is 3.87. The maximum Gasteiger partial charge on any atom is 0.349 e. The number of nitrogens with one attached hydrogen (secondary N) is 1. The number of Topliss-reactive ketones (excluding diaryl/α,β-unsaturated/α-hetero) is 1. The Morgan fingerprint density at radius 1 is 1.11 bits per heavy atom. The topological polar surface area (TPSA) is 72.5 Å². The normalized spacial score (nSPS) is 11.8. The van der Waals surface area contributed by atoms with Gasteiger partial charge < -0.3 is 10.1 Å². The molecule has 27 heavy (non-hydrogen) atoms. The number of ether oxygens (including phenoxy) is 1. The Labute approximate surface area is 158 Å². The van der Waals surface area contributed by atoms with Crippen LogP contribution in [0.1, 0.15) is 33.9 Å². The second-order valence-electron chi connectivity index (χ2n) is 5.97. The van der Waals surface area contributed by atoms with E-state index in [1.165, 1.54) is 43.4 Å². The first-order valence-electron chi connectivity index (χ1n) is 8.15. The Hall–Kier alpha value is -3.06. The predicted molar refractivity (Wildman–Crippen MR) is 102 cm³/mol. The molecule has 0 spiro atoms. The molecule has 1 heterocycles. The molecule has 1 atom stereocenters. The van der Waals surface area contributed by atoms with Crippen LogP contribution >= 0.6 is 11.3 Å². The van der Waals surface area contributed by atoms with Gasteiger partial charge in [0.15, 0.2) is 11.9 Å². The molecule has 1 amide bonds. The van der Waals surface area contributed by atoms with Crippen molar-refractivity contribution in [2.45, 2.75) is 20.0 Å². The number of hydrogen-bond acceptors (Lipinski definition) is 5. The van der Waals surface area contributed by atoms with E-state index in [1.807, 2.05) is 0 Å². The summed E-state index contributed by atoms with van der Waals surface area (Å²) in [4.78, 5) is 36.2. The molecule has 3 aromatic rings. The molecule has 0 saturated heterocycles. The lowest BCUT2D eigenvalue weighted by Gasteiger charge is -2.13. The Kier molecular flexibility index (Phi) is 5.32. The lowest BCUT2D eigenvalue weighted by atomic mass is 10.1. The van der Waals surface area contributed by atoms with Gasteiger partial charge in [-0.1, -0.05) is 12.1 Å². The summed E-state index contributed by atoms with van der Waals surface area (Å²) in [6.07, 6.45) is -1.04. The number of fused-ring (bicyclic) bond motifs is 1. The van der Waals surface area contributed by atoms with Gasteiger partial charge in [0.05, 0.1) is 0 Å². The number of anilines is 1. The van der Waals surface area contributed by atoms with Gasteiger partial charge in [0.2, 0.25) is 0 Å². The van der Waals surface area contributed by atoms with Crippen LogP contribution in [-0.2, 0) is 9.53 Å². The van der Waals surface area contributed by atoms with Gasteiger partial charge in [-0.25, -0.2) is 9.18 Å². The van der Waals surface area contributed by atoms with E-state index >= 15 is 0 Å². The third kappa shape index (κ3) is 4.38. The average molecular weight is 385 g/mol. The number of esters is 1. The molecular weight excluding hydrogens is 369 g/mol. The zero-order valence-electron chi connectivity index (χ0n) is 14.6. The van der Waals surface area contributed by atoms with Crippen LogP contribution in [0.3, 0.4) is 0 Å². The highest BCUT2D eigenvalue weighted by Gasteiger charge is 2.21. The zero-order chi connectivity index (χ0) is 19.6. The van der Waals surface area contributed by atoms with Gasteiger partial charge in [0.1, 0.15) is 10.7 Å². The number of amides is 1. The van der Waals surface area contributed by atoms with Crippen LogP contribution in [-0.4, -0.2) is 23.8 Å². The van der Waals surface area contributed by atoms with Crippen molar-refractivity contribution < 1.29 is 23.5 Å².